The number of benzene rings is 1. The molecule has 1 fully saturated rings. The fourth-order valence-electron chi connectivity index (χ4n) is 2.04. The molecule has 1 aromatic carbocycles. The Morgan fingerprint density at radius 1 is 1.38 bits per heavy atom. The minimum Gasteiger partial charge on any atom is -0.465 e. The van der Waals surface area contributed by atoms with Gasteiger partial charge in [-0.1, -0.05) is 0 Å². The molecule has 0 aliphatic heterocycles. The van der Waals surface area contributed by atoms with Crippen LogP contribution in [-0.4, -0.2) is 38.4 Å². The Morgan fingerprint density at radius 3 is 2.48 bits per heavy atom. The number of hydrogen-bond donors (Lipinski definition) is 0. The highest BCUT2D eigenvalue weighted by Gasteiger charge is 2.37. The van der Waals surface area contributed by atoms with Gasteiger partial charge in [0.25, 0.3) is 0 Å². The minimum atomic E-state index is -3.63. The Bertz CT molecular complexity index is 657. The normalized spacial score (nSPS) is 14.7. The molecule has 0 spiro atoms. The van der Waals surface area contributed by atoms with Crippen molar-refractivity contribution in [3.05, 3.63) is 29.8 Å². The van der Waals surface area contributed by atoms with Crippen LogP contribution in [0.5, 0.6) is 0 Å². The number of ether oxygens (including phenoxy) is 1. The van der Waals surface area contributed by atoms with Crippen LogP contribution in [0.1, 0.15) is 29.6 Å². The van der Waals surface area contributed by atoms with Crippen molar-refractivity contribution in [2.45, 2.75) is 30.2 Å². The highest BCUT2D eigenvalue weighted by molar-refractivity contribution is 7.89. The molecule has 0 amide bonds. The molecule has 1 aliphatic carbocycles. The summed E-state index contributed by atoms with van der Waals surface area (Å²) in [6.45, 7) is 0.197. The van der Waals surface area contributed by atoms with Crippen LogP contribution in [0.2, 0.25) is 0 Å². The number of rotatable bonds is 6. The average molecular weight is 308 g/mol. The summed E-state index contributed by atoms with van der Waals surface area (Å²) in [5.41, 5.74) is 0.298. The zero-order valence-corrected chi connectivity index (χ0v) is 12.5. The lowest BCUT2D eigenvalue weighted by molar-refractivity contribution is 0.0600. The first-order valence-corrected chi connectivity index (χ1v) is 8.02. The van der Waals surface area contributed by atoms with Gasteiger partial charge in [-0.05, 0) is 37.1 Å². The molecule has 112 valence electrons. The number of hydrogen-bond acceptors (Lipinski definition) is 5. The van der Waals surface area contributed by atoms with Gasteiger partial charge in [-0.3, -0.25) is 0 Å². The van der Waals surface area contributed by atoms with Crippen molar-refractivity contribution in [1.82, 2.24) is 4.31 Å². The van der Waals surface area contributed by atoms with E-state index in [4.69, 9.17) is 5.26 Å². The van der Waals surface area contributed by atoms with E-state index in [1.807, 2.05) is 6.07 Å². The number of carbonyl (C=O) groups is 1. The smallest absolute Gasteiger partial charge is 0.337 e. The van der Waals surface area contributed by atoms with E-state index in [0.717, 1.165) is 12.8 Å². The molecular formula is C14H16N2O4S. The molecule has 0 aromatic heterocycles. The molecule has 0 unspecified atom stereocenters. The van der Waals surface area contributed by atoms with E-state index in [1.165, 1.54) is 35.7 Å². The highest BCUT2D eigenvalue weighted by Crippen LogP contribution is 2.32. The lowest BCUT2D eigenvalue weighted by Gasteiger charge is -2.20. The van der Waals surface area contributed by atoms with Crippen molar-refractivity contribution in [3.63, 3.8) is 0 Å². The highest BCUT2D eigenvalue weighted by atomic mass is 32.2. The predicted octanol–water partition coefficient (Wildman–Crippen LogP) is 1.54. The Balaban J connectivity index is 2.25. The zero-order valence-electron chi connectivity index (χ0n) is 11.7. The van der Waals surface area contributed by atoms with Gasteiger partial charge in [-0.2, -0.15) is 9.57 Å². The second-order valence-electron chi connectivity index (χ2n) is 4.77. The Hall–Kier alpha value is -1.91. The largest absolute Gasteiger partial charge is 0.465 e. The van der Waals surface area contributed by atoms with E-state index < -0.39 is 16.0 Å². The topological polar surface area (TPSA) is 87.5 Å². The van der Waals surface area contributed by atoms with E-state index in [9.17, 15) is 13.2 Å². The predicted molar refractivity (Wildman–Crippen MR) is 74.9 cm³/mol. The van der Waals surface area contributed by atoms with E-state index in [-0.39, 0.29) is 23.9 Å². The summed E-state index contributed by atoms with van der Waals surface area (Å²) in [5.74, 6) is -0.512. The number of methoxy groups -OCH3 is 1. The van der Waals surface area contributed by atoms with Gasteiger partial charge in [0.1, 0.15) is 0 Å². The summed E-state index contributed by atoms with van der Waals surface area (Å²) in [6, 6.07) is 7.59. The zero-order chi connectivity index (χ0) is 15.5. The quantitative estimate of drug-likeness (QED) is 0.744. The van der Waals surface area contributed by atoms with Gasteiger partial charge >= 0.3 is 5.97 Å². The SMILES string of the molecule is COC(=O)c1ccc(S(=O)(=O)N(CCC#N)C2CC2)cc1. The van der Waals surface area contributed by atoms with Gasteiger partial charge in [0.2, 0.25) is 10.0 Å². The van der Waals surface area contributed by atoms with Gasteiger partial charge in [-0.15, -0.1) is 0 Å². The van der Waals surface area contributed by atoms with Gasteiger partial charge in [0.05, 0.1) is 23.6 Å². The first-order valence-electron chi connectivity index (χ1n) is 6.58. The average Bonchev–Trinajstić information content (AvgIpc) is 3.31. The maximum absolute atomic E-state index is 12.6. The maximum Gasteiger partial charge on any atom is 0.337 e. The van der Waals surface area contributed by atoms with Gasteiger partial charge in [0, 0.05) is 19.0 Å². The molecule has 0 atom stereocenters. The molecule has 1 aromatic rings. The Labute approximate surface area is 124 Å². The molecule has 1 aliphatic rings. The first kappa shape index (κ1) is 15.5. The molecule has 0 bridgehead atoms. The molecule has 7 heteroatoms. The third kappa shape index (κ3) is 3.40. The summed E-state index contributed by atoms with van der Waals surface area (Å²) in [5, 5.41) is 8.66. The van der Waals surface area contributed by atoms with Crippen molar-refractivity contribution in [3.8, 4) is 6.07 Å². The van der Waals surface area contributed by atoms with Crippen LogP contribution in [-0.2, 0) is 14.8 Å². The molecule has 6 nitrogen and oxygen atoms in total. The van der Waals surface area contributed by atoms with Gasteiger partial charge in [0.15, 0.2) is 0 Å². The van der Waals surface area contributed by atoms with Crippen LogP contribution < -0.4 is 0 Å². The summed E-state index contributed by atoms with van der Waals surface area (Å²) in [7, 11) is -2.36. The van der Waals surface area contributed by atoms with Crippen molar-refractivity contribution < 1.29 is 17.9 Å². The second kappa shape index (κ2) is 6.24. The molecule has 0 radical (unpaired) electrons. The first-order chi connectivity index (χ1) is 10.0. The minimum absolute atomic E-state index is 0.0105. The number of nitrogens with zero attached hydrogens (tertiary/aromatic N) is 2. The van der Waals surface area contributed by atoms with Gasteiger partial charge in [-0.25, -0.2) is 13.2 Å². The molecule has 2 rings (SSSR count). The molecule has 1 saturated carbocycles. The molecule has 0 N–H and O–H groups in total. The third-order valence-corrected chi connectivity index (χ3v) is 5.25. The molecule has 0 heterocycles. The van der Waals surface area contributed by atoms with Crippen molar-refractivity contribution >= 4 is 16.0 Å². The van der Waals surface area contributed by atoms with E-state index >= 15 is 0 Å². The molecular weight excluding hydrogens is 292 g/mol. The van der Waals surface area contributed by atoms with Crippen LogP contribution in [0.3, 0.4) is 0 Å². The van der Waals surface area contributed by atoms with E-state index in [1.54, 1.807) is 0 Å². The van der Waals surface area contributed by atoms with Crippen molar-refractivity contribution in [2.24, 2.45) is 0 Å². The number of nitriles is 1. The summed E-state index contributed by atoms with van der Waals surface area (Å²) in [4.78, 5) is 11.5. The van der Waals surface area contributed by atoms with Crippen molar-refractivity contribution in [2.75, 3.05) is 13.7 Å². The van der Waals surface area contributed by atoms with Crippen LogP contribution in [0, 0.1) is 11.3 Å². The van der Waals surface area contributed by atoms with Crippen LogP contribution >= 0.6 is 0 Å². The number of carbonyl (C=O) groups excluding carboxylic acids is 1. The fourth-order valence-corrected chi connectivity index (χ4v) is 3.72. The summed E-state index contributed by atoms with van der Waals surface area (Å²) < 4.78 is 31.1. The van der Waals surface area contributed by atoms with Crippen LogP contribution in [0.4, 0.5) is 0 Å². The number of sulfonamides is 1. The fraction of sp³-hybridized carbons (Fsp3) is 0.429. The summed E-state index contributed by atoms with van der Waals surface area (Å²) in [6.07, 6.45) is 1.81. The van der Waals surface area contributed by atoms with Gasteiger partial charge < -0.3 is 4.74 Å². The summed E-state index contributed by atoms with van der Waals surface area (Å²) >= 11 is 0. The molecule has 21 heavy (non-hydrogen) atoms. The van der Waals surface area contributed by atoms with Crippen molar-refractivity contribution in [1.29, 1.82) is 5.26 Å². The lowest BCUT2D eigenvalue weighted by atomic mass is 10.2. The van der Waals surface area contributed by atoms with Crippen LogP contribution in [0.25, 0.3) is 0 Å². The third-order valence-electron chi connectivity index (χ3n) is 3.28. The monoisotopic (exact) mass is 308 g/mol. The lowest BCUT2D eigenvalue weighted by Crippen LogP contribution is -2.34. The second-order valence-corrected chi connectivity index (χ2v) is 6.66. The van der Waals surface area contributed by atoms with E-state index in [2.05, 4.69) is 4.74 Å². The Kier molecular flexibility index (Phi) is 4.60. The maximum atomic E-state index is 12.6. The molecule has 0 saturated heterocycles. The standard InChI is InChI=1S/C14H16N2O4S/c1-20-14(17)11-3-7-13(8-4-11)21(18,19)16(10-2-9-15)12-5-6-12/h3-4,7-8,12H,2,5-6,10H2,1H3. The van der Waals surface area contributed by atoms with Crippen LogP contribution in [0.15, 0.2) is 29.2 Å². The Morgan fingerprint density at radius 2 is 2.00 bits per heavy atom. The van der Waals surface area contributed by atoms with E-state index in [0.29, 0.717) is 5.56 Å². The number of esters is 1.